The van der Waals surface area contributed by atoms with Gasteiger partial charge in [-0.25, -0.2) is 38.1 Å². The Labute approximate surface area is 780 Å². The summed E-state index contributed by atoms with van der Waals surface area (Å²) in [5, 5.41) is 10.6. The van der Waals surface area contributed by atoms with Gasteiger partial charge in [-0.05, 0) is 247 Å². The number of aromatic nitrogens is 7. The summed E-state index contributed by atoms with van der Waals surface area (Å²) < 4.78 is 69.1. The fraction of sp³-hybridized carbons (Fsp3) is 0.262. The standard InChI is InChI=1S/C35H32FN5O4.C33H30FN5O3.C25H25FN4O2.C9H11NO.CH4.Li.H2O/c1-20(42)45-19-27-25(26-13-14-37-34-32(26)38-33(39-34)22-9-11-24(12-10-22)40(2)3)5-4-6-29(27)41-15-16-44-30-18-23(21-7-8-21)17-28(36)31(30)35(41)43;1-38(2)22-10-8-20(9-11-22)31-36-30-24(12-13-35-32(30)37-31)23-4-3-5-27(25(23)18-40)39-14-15-42-28-17-21(19-6-7-19)16-26(34)29(28)33(39)41;1-2-16-17(18-8-9-29-24(28)23(18)27)4-3-5-20(16)30-10-11-32-21-13-15(14-6-7-14)12-19(26)22(21)25(30)31;1-10(2)9-5-3-8(7-11)4-6-9;;;/h4-6,9-14,17-18,21H,7-8,15-16,19H2,1-3H3,(H,37,38,39);3-5,8-13,16-17,19,40H,6-7,14-15,18H2,1-2H3,(H,35,36,37);3-5,8-9,12-14H,2,6-7,10-11,27H2,1H3,(H2,28,29);3-7H,1-2H3;1H4;;1H2/q;;;;;+1;/p-1. The van der Waals surface area contributed by atoms with E-state index in [2.05, 4.69) is 24.9 Å². The molecule has 26 nitrogen and oxygen atoms in total. The third-order valence-corrected chi connectivity index (χ3v) is 24.3. The molecule has 133 heavy (non-hydrogen) atoms. The van der Waals surface area contributed by atoms with Crippen LogP contribution < -0.4 is 73.9 Å². The number of nitrogens with two attached hydrogens (primary N) is 2. The molecule has 0 spiro atoms. The molecular formula is C103H103F3LiN15O11. The summed E-state index contributed by atoms with van der Waals surface area (Å²) in [4.78, 5) is 104. The van der Waals surface area contributed by atoms with E-state index in [1.807, 2.05) is 203 Å². The number of rotatable bonds is 19. The van der Waals surface area contributed by atoms with E-state index in [-0.39, 0.29) is 112 Å². The maximum atomic E-state index is 15.5. The van der Waals surface area contributed by atoms with Gasteiger partial charge in [0, 0.05) is 135 Å². The first-order valence-electron chi connectivity index (χ1n) is 43.4. The van der Waals surface area contributed by atoms with E-state index in [1.165, 1.54) is 34.9 Å². The number of nitrogens with one attached hydrogen (secondary N) is 2. The Morgan fingerprint density at radius 1 is 0.496 bits per heavy atom. The summed E-state index contributed by atoms with van der Waals surface area (Å²) in [6, 6.07) is 55.6. The van der Waals surface area contributed by atoms with Crippen LogP contribution in [0.5, 0.6) is 17.2 Å². The zero-order chi connectivity index (χ0) is 90.9. The largest absolute Gasteiger partial charge is 1.00 e. The van der Waals surface area contributed by atoms with Gasteiger partial charge in [0.05, 0.1) is 54.3 Å². The Kier molecular flexibility index (Phi) is 28.9. The molecule has 0 atom stereocenters. The molecule has 3 aliphatic carbocycles. The second kappa shape index (κ2) is 40.6. The Bertz CT molecular complexity index is 6700. The smallest absolute Gasteiger partial charge is 0.870 e. The number of carbonyl (C=O) groups is 5. The van der Waals surface area contributed by atoms with Crippen molar-refractivity contribution in [2.24, 2.45) is 0 Å². The number of benzene rings is 9. The number of aliphatic hydroxyl groups is 1. The summed E-state index contributed by atoms with van der Waals surface area (Å²) >= 11 is 0. The first kappa shape index (κ1) is 94.7. The van der Waals surface area contributed by atoms with Crippen molar-refractivity contribution in [3.05, 3.63) is 274 Å². The Morgan fingerprint density at radius 2 is 0.850 bits per heavy atom. The van der Waals surface area contributed by atoms with Crippen LogP contribution in [0, 0.1) is 17.5 Å². The molecule has 8 N–H and O–H groups in total. The molecule has 3 aliphatic heterocycles. The summed E-state index contributed by atoms with van der Waals surface area (Å²) in [7, 11) is 11.9. The second-order valence-electron chi connectivity index (χ2n) is 33.5. The quantitative estimate of drug-likeness (QED) is 0.0285. The van der Waals surface area contributed by atoms with Crippen molar-refractivity contribution in [1.82, 2.24) is 34.9 Å². The number of halogens is 3. The Morgan fingerprint density at radius 3 is 1.21 bits per heavy atom. The van der Waals surface area contributed by atoms with Crippen molar-refractivity contribution in [1.29, 1.82) is 0 Å². The molecule has 0 bridgehead atoms. The van der Waals surface area contributed by atoms with Gasteiger partial charge in [0.2, 0.25) is 0 Å². The molecule has 9 aromatic carbocycles. The van der Waals surface area contributed by atoms with Crippen LogP contribution in [0.1, 0.15) is 152 Å². The number of aliphatic hydroxyl groups excluding tert-OH is 1. The third kappa shape index (κ3) is 19.8. The summed E-state index contributed by atoms with van der Waals surface area (Å²) in [5.74, 6) is -0.0601. The number of pyridine rings is 3. The number of hydrogen-bond acceptors (Lipinski definition) is 21. The number of imidazole rings is 2. The minimum Gasteiger partial charge on any atom is -0.870 e. The predicted octanol–water partition coefficient (Wildman–Crippen LogP) is 15.9. The summed E-state index contributed by atoms with van der Waals surface area (Å²) in [5.41, 5.74) is 31.7. The van der Waals surface area contributed by atoms with E-state index in [9.17, 15) is 29.1 Å². The minimum atomic E-state index is -0.594. The van der Waals surface area contributed by atoms with Crippen LogP contribution in [0.15, 0.2) is 201 Å². The molecule has 3 amide bonds. The van der Waals surface area contributed by atoms with Crippen LogP contribution in [-0.4, -0.2) is 157 Å². The molecule has 0 saturated heterocycles. The maximum absolute atomic E-state index is 15.5. The number of esters is 1. The molecule has 5 aromatic heterocycles. The van der Waals surface area contributed by atoms with Crippen molar-refractivity contribution in [2.75, 3.05) is 123 Å². The number of aromatic amines is 2. The van der Waals surface area contributed by atoms with Crippen molar-refractivity contribution in [3.8, 4) is 73.4 Å². The van der Waals surface area contributed by atoms with Crippen molar-refractivity contribution >= 4 is 97.9 Å². The number of amides is 3. The molecule has 6 aliphatic rings. The van der Waals surface area contributed by atoms with Crippen LogP contribution in [0.25, 0.3) is 78.5 Å². The first-order valence-corrected chi connectivity index (χ1v) is 43.4. The number of H-pyrrole nitrogens is 2. The number of aldehydes is 1. The van der Waals surface area contributed by atoms with Gasteiger partial charge in [-0.15, -0.1) is 0 Å². The van der Waals surface area contributed by atoms with Crippen LogP contribution in [-0.2, 0) is 29.2 Å². The molecule has 8 heterocycles. The minimum absolute atomic E-state index is 0. The van der Waals surface area contributed by atoms with E-state index in [0.717, 1.165) is 134 Å². The Balaban J connectivity index is 0.000000151. The zero-order valence-corrected chi connectivity index (χ0v) is 74.7. The van der Waals surface area contributed by atoms with Crippen LogP contribution in [0.4, 0.5) is 58.8 Å². The van der Waals surface area contributed by atoms with Gasteiger partial charge in [-0.1, -0.05) is 50.7 Å². The molecule has 0 radical (unpaired) electrons. The Hall–Kier alpha value is -14.4. The van der Waals surface area contributed by atoms with Crippen molar-refractivity contribution in [3.63, 3.8) is 0 Å². The average Bonchev–Trinajstić information content (AvgIpc) is 1.63. The zero-order valence-electron chi connectivity index (χ0n) is 74.7. The van der Waals surface area contributed by atoms with E-state index < -0.39 is 41.1 Å². The van der Waals surface area contributed by atoms with Gasteiger partial charge in [0.15, 0.2) is 11.3 Å². The summed E-state index contributed by atoms with van der Waals surface area (Å²) in [6.07, 6.45) is 12.6. The molecule has 3 saturated carbocycles. The first-order chi connectivity index (χ1) is 62.9. The third-order valence-electron chi connectivity index (χ3n) is 24.3. The van der Waals surface area contributed by atoms with Crippen LogP contribution in [0.3, 0.4) is 0 Å². The van der Waals surface area contributed by atoms with E-state index in [4.69, 9.17) is 40.4 Å². The van der Waals surface area contributed by atoms with Crippen molar-refractivity contribution < 1.29 is 85.5 Å². The van der Waals surface area contributed by atoms with Gasteiger partial charge < -0.3 is 80.4 Å². The van der Waals surface area contributed by atoms with E-state index in [0.29, 0.717) is 104 Å². The van der Waals surface area contributed by atoms with Gasteiger partial charge in [0.25, 0.3) is 17.7 Å². The topological polar surface area (TPSA) is 340 Å². The van der Waals surface area contributed by atoms with Crippen molar-refractivity contribution in [2.45, 2.75) is 97.2 Å². The monoisotopic (exact) mass is 1790 g/mol. The number of anilines is 8. The molecule has 20 rings (SSSR count). The molecule has 0 unspecified atom stereocenters. The number of nitrogen functional groups attached to an aromatic ring is 2. The van der Waals surface area contributed by atoms with Gasteiger partial charge in [-0.2, -0.15) is 0 Å². The van der Waals surface area contributed by atoms with Gasteiger partial charge >= 0.3 is 24.8 Å². The number of hydrogen-bond donors (Lipinski definition) is 5. The molecule has 14 aromatic rings. The number of fused-ring (bicyclic) bond motifs is 5. The fourth-order valence-corrected chi connectivity index (χ4v) is 16.9. The van der Waals surface area contributed by atoms with Crippen LogP contribution >= 0.6 is 0 Å². The fourth-order valence-electron chi connectivity index (χ4n) is 16.9. The molecule has 30 heteroatoms. The SMILES string of the molecule is C.CC(=O)OCc1c(-c2ccnc3nc(-c4ccc(N(C)C)cc4)[nH]c23)cccc1N1CCOc2cc(C3CC3)cc(F)c2C1=O.CCc1c(-c2ccnc(N)c2N)cccc1N1CCOc2cc(C3CC3)cc(F)c2C1=O.CN(C)c1ccc(-c2nc3nccc(-c4cccc(N5CCOc6cc(C7CC7)cc(F)c6C5=O)c4CO)c3[nH]2)cc1.CN(C)c1ccc(C=O)cc1.[Li+].[OH-]. The van der Waals surface area contributed by atoms with Crippen LogP contribution in [0.2, 0.25) is 0 Å². The number of carbonyl (C=O) groups excluding carboxylic acids is 5. The summed E-state index contributed by atoms with van der Waals surface area (Å²) in [6.45, 7) is 4.30. The van der Waals surface area contributed by atoms with Gasteiger partial charge in [-0.3, -0.25) is 24.0 Å². The van der Waals surface area contributed by atoms with Gasteiger partial charge in [0.1, 0.15) is 102 Å². The normalized spacial score (nSPS) is 14.2. The molecule has 678 valence electrons. The average molecular weight is 1790 g/mol. The number of nitrogens with zero attached hydrogens (tertiary/aromatic N) is 11. The van der Waals surface area contributed by atoms with E-state index in [1.54, 1.807) is 47.8 Å². The molecular weight excluding hydrogens is 1690 g/mol. The van der Waals surface area contributed by atoms with E-state index >= 15 is 13.2 Å². The maximum Gasteiger partial charge on any atom is 1.00 e. The second-order valence-corrected chi connectivity index (χ2v) is 33.5. The number of ether oxygens (including phenoxy) is 4. The predicted molar refractivity (Wildman–Crippen MR) is 509 cm³/mol. The molecule has 3 fully saturated rings.